The number of alkyl halides is 3. The first-order valence-corrected chi connectivity index (χ1v) is 5.57. The molecule has 0 saturated carbocycles. The van der Waals surface area contributed by atoms with Gasteiger partial charge in [0.25, 0.3) is 0 Å². The number of nitrogens with one attached hydrogen (secondary N) is 1. The lowest BCUT2D eigenvalue weighted by Gasteiger charge is -2.21. The van der Waals surface area contributed by atoms with Crippen molar-refractivity contribution >= 4 is 0 Å². The Labute approximate surface area is 97.5 Å². The number of nitrogens with zero attached hydrogens (tertiary/aromatic N) is 2. The summed E-state index contributed by atoms with van der Waals surface area (Å²) >= 11 is 0. The zero-order valence-electron chi connectivity index (χ0n) is 9.73. The number of hydrogen-bond acceptors (Lipinski definition) is 3. The molecule has 0 unspecified atom stereocenters. The van der Waals surface area contributed by atoms with Crippen molar-refractivity contribution in [3.63, 3.8) is 0 Å². The van der Waals surface area contributed by atoms with Gasteiger partial charge in [0.15, 0.2) is 5.69 Å². The summed E-state index contributed by atoms with van der Waals surface area (Å²) in [5.74, 6) is 0.156. The SMILES string of the molecule is CC(C)c1nc2c(c(C(F)(F)F)n1)CCNC2. The molecule has 1 N–H and O–H groups in total. The van der Waals surface area contributed by atoms with Crippen molar-refractivity contribution in [1.29, 1.82) is 0 Å². The first-order valence-electron chi connectivity index (χ1n) is 5.57. The van der Waals surface area contributed by atoms with E-state index in [1.807, 2.05) is 0 Å². The van der Waals surface area contributed by atoms with Crippen molar-refractivity contribution in [3.05, 3.63) is 22.8 Å². The average molecular weight is 245 g/mol. The van der Waals surface area contributed by atoms with Crippen LogP contribution in [0.25, 0.3) is 0 Å². The minimum Gasteiger partial charge on any atom is -0.311 e. The maximum absolute atomic E-state index is 12.9. The summed E-state index contributed by atoms with van der Waals surface area (Å²) in [7, 11) is 0. The van der Waals surface area contributed by atoms with Gasteiger partial charge in [-0.3, -0.25) is 0 Å². The quantitative estimate of drug-likeness (QED) is 0.824. The minimum absolute atomic E-state index is 0.108. The number of hydrogen-bond donors (Lipinski definition) is 1. The molecular formula is C11H14F3N3. The second-order valence-electron chi connectivity index (χ2n) is 4.43. The van der Waals surface area contributed by atoms with Crippen molar-refractivity contribution in [2.75, 3.05) is 6.54 Å². The van der Waals surface area contributed by atoms with Gasteiger partial charge in [-0.1, -0.05) is 13.8 Å². The second kappa shape index (κ2) is 4.25. The van der Waals surface area contributed by atoms with Crippen molar-refractivity contribution < 1.29 is 13.2 Å². The van der Waals surface area contributed by atoms with Crippen LogP contribution in [0.3, 0.4) is 0 Å². The lowest BCUT2D eigenvalue weighted by atomic mass is 10.0. The van der Waals surface area contributed by atoms with E-state index in [0.29, 0.717) is 25.2 Å². The Kier molecular flexibility index (Phi) is 3.07. The lowest BCUT2D eigenvalue weighted by Crippen LogP contribution is -2.29. The monoisotopic (exact) mass is 245 g/mol. The highest BCUT2D eigenvalue weighted by atomic mass is 19.4. The summed E-state index contributed by atoms with van der Waals surface area (Å²) in [6.45, 7) is 4.51. The lowest BCUT2D eigenvalue weighted by molar-refractivity contribution is -0.142. The molecule has 2 rings (SSSR count). The molecule has 0 fully saturated rings. The van der Waals surface area contributed by atoms with E-state index in [4.69, 9.17) is 0 Å². The third-order valence-electron chi connectivity index (χ3n) is 2.74. The van der Waals surface area contributed by atoms with Crippen LogP contribution >= 0.6 is 0 Å². The molecule has 0 atom stereocenters. The van der Waals surface area contributed by atoms with Gasteiger partial charge in [0, 0.05) is 18.0 Å². The first kappa shape index (κ1) is 12.3. The van der Waals surface area contributed by atoms with Gasteiger partial charge in [0.05, 0.1) is 5.69 Å². The molecule has 1 aliphatic heterocycles. The molecule has 0 radical (unpaired) electrons. The zero-order valence-corrected chi connectivity index (χ0v) is 9.73. The Balaban J connectivity index is 2.58. The molecule has 1 aliphatic rings. The highest BCUT2D eigenvalue weighted by Gasteiger charge is 2.38. The summed E-state index contributed by atoms with van der Waals surface area (Å²) < 4.78 is 38.7. The fourth-order valence-electron chi connectivity index (χ4n) is 1.87. The third-order valence-corrected chi connectivity index (χ3v) is 2.74. The number of rotatable bonds is 1. The van der Waals surface area contributed by atoms with Gasteiger partial charge in [-0.05, 0) is 13.0 Å². The predicted molar refractivity (Wildman–Crippen MR) is 56.5 cm³/mol. The smallest absolute Gasteiger partial charge is 0.311 e. The number of aromatic nitrogens is 2. The molecule has 0 aliphatic carbocycles. The first-order chi connectivity index (χ1) is 7.89. The summed E-state index contributed by atoms with van der Waals surface area (Å²) in [5, 5.41) is 3.03. The number of halogens is 3. The van der Waals surface area contributed by atoms with E-state index in [9.17, 15) is 13.2 Å². The summed E-state index contributed by atoms with van der Waals surface area (Å²) in [6, 6.07) is 0. The molecule has 1 aromatic heterocycles. The van der Waals surface area contributed by atoms with Gasteiger partial charge < -0.3 is 5.32 Å². The van der Waals surface area contributed by atoms with Crippen LogP contribution in [0.5, 0.6) is 0 Å². The molecule has 0 bridgehead atoms. The van der Waals surface area contributed by atoms with Crippen LogP contribution < -0.4 is 5.32 Å². The average Bonchev–Trinajstić information content (AvgIpc) is 2.26. The molecule has 3 nitrogen and oxygen atoms in total. The second-order valence-corrected chi connectivity index (χ2v) is 4.43. The fraction of sp³-hybridized carbons (Fsp3) is 0.636. The van der Waals surface area contributed by atoms with Gasteiger partial charge in [-0.15, -0.1) is 0 Å². The Morgan fingerprint density at radius 2 is 1.94 bits per heavy atom. The maximum Gasteiger partial charge on any atom is 0.433 e. The van der Waals surface area contributed by atoms with Crippen LogP contribution in [0, 0.1) is 0 Å². The van der Waals surface area contributed by atoms with Gasteiger partial charge >= 0.3 is 6.18 Å². The normalized spacial score (nSPS) is 16.1. The van der Waals surface area contributed by atoms with E-state index in [1.54, 1.807) is 13.8 Å². The van der Waals surface area contributed by atoms with Crippen molar-refractivity contribution in [3.8, 4) is 0 Å². The van der Waals surface area contributed by atoms with E-state index in [0.717, 1.165) is 0 Å². The molecule has 94 valence electrons. The Morgan fingerprint density at radius 1 is 1.24 bits per heavy atom. The molecule has 0 saturated heterocycles. The summed E-state index contributed by atoms with van der Waals surface area (Å²) in [4.78, 5) is 7.91. The van der Waals surface area contributed by atoms with Crippen molar-refractivity contribution in [2.24, 2.45) is 0 Å². The highest BCUT2D eigenvalue weighted by Crippen LogP contribution is 2.33. The van der Waals surface area contributed by atoms with Crippen LogP contribution in [-0.4, -0.2) is 16.5 Å². The van der Waals surface area contributed by atoms with Gasteiger partial charge in [0.1, 0.15) is 5.82 Å². The molecule has 0 amide bonds. The largest absolute Gasteiger partial charge is 0.433 e. The van der Waals surface area contributed by atoms with E-state index >= 15 is 0 Å². The molecule has 6 heteroatoms. The Bertz CT molecular complexity index is 427. The van der Waals surface area contributed by atoms with E-state index < -0.39 is 11.9 Å². The Morgan fingerprint density at radius 3 is 2.53 bits per heavy atom. The van der Waals surface area contributed by atoms with E-state index in [-0.39, 0.29) is 17.3 Å². The fourth-order valence-corrected chi connectivity index (χ4v) is 1.87. The van der Waals surface area contributed by atoms with Crippen LogP contribution in [0.2, 0.25) is 0 Å². The zero-order chi connectivity index (χ0) is 12.6. The van der Waals surface area contributed by atoms with Crippen molar-refractivity contribution in [2.45, 2.75) is 38.9 Å². The van der Waals surface area contributed by atoms with E-state index in [1.165, 1.54) is 0 Å². The standard InChI is InChI=1S/C11H14F3N3/c1-6(2)10-16-8-5-15-4-3-7(8)9(17-10)11(12,13)14/h6,15H,3-5H2,1-2H3. The van der Waals surface area contributed by atoms with Gasteiger partial charge in [-0.25, -0.2) is 9.97 Å². The molecule has 17 heavy (non-hydrogen) atoms. The van der Waals surface area contributed by atoms with Gasteiger partial charge in [-0.2, -0.15) is 13.2 Å². The van der Waals surface area contributed by atoms with Crippen molar-refractivity contribution in [1.82, 2.24) is 15.3 Å². The van der Waals surface area contributed by atoms with Gasteiger partial charge in [0.2, 0.25) is 0 Å². The summed E-state index contributed by atoms with van der Waals surface area (Å²) in [6.07, 6.45) is -4.06. The van der Waals surface area contributed by atoms with Crippen LogP contribution in [-0.2, 0) is 19.1 Å². The molecule has 1 aromatic rings. The topological polar surface area (TPSA) is 37.8 Å². The minimum atomic E-state index is -4.39. The Hall–Kier alpha value is -1.17. The van der Waals surface area contributed by atoms with Crippen LogP contribution in [0.4, 0.5) is 13.2 Å². The molecule has 2 heterocycles. The predicted octanol–water partition coefficient (Wildman–Crippen LogP) is 2.26. The van der Waals surface area contributed by atoms with E-state index in [2.05, 4.69) is 15.3 Å². The third kappa shape index (κ3) is 2.41. The molecular weight excluding hydrogens is 231 g/mol. The summed E-state index contributed by atoms with van der Waals surface area (Å²) in [5.41, 5.74) is -0.0179. The highest BCUT2D eigenvalue weighted by molar-refractivity contribution is 5.30. The maximum atomic E-state index is 12.9. The number of fused-ring (bicyclic) bond motifs is 1. The molecule has 0 aromatic carbocycles. The van der Waals surface area contributed by atoms with Crippen LogP contribution in [0.15, 0.2) is 0 Å². The molecule has 0 spiro atoms. The van der Waals surface area contributed by atoms with Crippen LogP contribution in [0.1, 0.15) is 42.5 Å².